The lowest BCUT2D eigenvalue weighted by Crippen LogP contribution is -2.15. The van der Waals surface area contributed by atoms with Gasteiger partial charge in [-0.05, 0) is 31.4 Å². The third-order valence-electron chi connectivity index (χ3n) is 2.51. The molecule has 1 atom stereocenters. The summed E-state index contributed by atoms with van der Waals surface area (Å²) >= 11 is 0. The number of hydrogen-bond donors (Lipinski definition) is 1. The first-order valence-corrected chi connectivity index (χ1v) is 4.94. The third-order valence-corrected chi connectivity index (χ3v) is 2.51. The lowest BCUT2D eigenvalue weighted by Gasteiger charge is -2.07. The molecule has 70 valence electrons. The van der Waals surface area contributed by atoms with Gasteiger partial charge in [0.1, 0.15) is 5.82 Å². The van der Waals surface area contributed by atoms with Crippen molar-refractivity contribution in [2.45, 2.75) is 32.2 Å². The Balaban J connectivity index is 2.12. The molecule has 1 aliphatic heterocycles. The quantitative estimate of drug-likeness (QED) is 0.743. The fourth-order valence-corrected chi connectivity index (χ4v) is 1.63. The fourth-order valence-electron chi connectivity index (χ4n) is 1.63. The Morgan fingerprint density at radius 2 is 2.23 bits per heavy atom. The van der Waals surface area contributed by atoms with E-state index in [1.807, 2.05) is 12.4 Å². The summed E-state index contributed by atoms with van der Waals surface area (Å²) in [6.45, 7) is 3.22. The van der Waals surface area contributed by atoms with Crippen LogP contribution in [-0.2, 0) is 6.42 Å². The van der Waals surface area contributed by atoms with E-state index in [-0.39, 0.29) is 0 Å². The van der Waals surface area contributed by atoms with Gasteiger partial charge < -0.3 is 5.32 Å². The van der Waals surface area contributed by atoms with Crippen LogP contribution in [0.1, 0.15) is 37.2 Å². The summed E-state index contributed by atoms with van der Waals surface area (Å²) in [6, 6.07) is 0.394. The van der Waals surface area contributed by atoms with Gasteiger partial charge in [-0.2, -0.15) is 0 Å². The van der Waals surface area contributed by atoms with Crippen molar-refractivity contribution in [1.82, 2.24) is 15.3 Å². The Labute approximate surface area is 78.6 Å². The predicted octanol–water partition coefficient (Wildman–Crippen LogP) is 1.46. The summed E-state index contributed by atoms with van der Waals surface area (Å²) in [5.74, 6) is 0.953. The highest BCUT2D eigenvalue weighted by Gasteiger charge is 2.17. The normalized spacial score (nSPS) is 22.1. The van der Waals surface area contributed by atoms with Crippen LogP contribution in [0.5, 0.6) is 0 Å². The summed E-state index contributed by atoms with van der Waals surface area (Å²) in [5, 5.41) is 3.39. The molecular weight excluding hydrogens is 162 g/mol. The van der Waals surface area contributed by atoms with E-state index < -0.39 is 0 Å². The lowest BCUT2D eigenvalue weighted by atomic mass is 10.2. The van der Waals surface area contributed by atoms with Crippen LogP contribution in [0.4, 0.5) is 0 Å². The van der Waals surface area contributed by atoms with Crippen molar-refractivity contribution in [2.24, 2.45) is 0 Å². The predicted molar refractivity (Wildman–Crippen MR) is 51.4 cm³/mol. The Hall–Kier alpha value is -0.960. The van der Waals surface area contributed by atoms with Crippen LogP contribution in [0.25, 0.3) is 0 Å². The molecule has 1 fully saturated rings. The second-order valence-electron chi connectivity index (χ2n) is 3.45. The highest BCUT2D eigenvalue weighted by Crippen LogP contribution is 2.18. The molecule has 1 aliphatic rings. The average molecular weight is 177 g/mol. The van der Waals surface area contributed by atoms with E-state index in [1.54, 1.807) is 0 Å². The molecule has 3 heteroatoms. The first-order chi connectivity index (χ1) is 6.40. The van der Waals surface area contributed by atoms with Crippen LogP contribution in [0.3, 0.4) is 0 Å². The Morgan fingerprint density at radius 1 is 1.46 bits per heavy atom. The fraction of sp³-hybridized carbons (Fsp3) is 0.600. The van der Waals surface area contributed by atoms with Crippen molar-refractivity contribution in [3.8, 4) is 0 Å². The maximum absolute atomic E-state index is 4.36. The third kappa shape index (κ3) is 1.86. The van der Waals surface area contributed by atoms with E-state index >= 15 is 0 Å². The van der Waals surface area contributed by atoms with Gasteiger partial charge in [-0.3, -0.25) is 0 Å². The minimum atomic E-state index is 0.394. The molecule has 0 amide bonds. The van der Waals surface area contributed by atoms with Crippen LogP contribution in [0.2, 0.25) is 0 Å². The average Bonchev–Trinajstić information content (AvgIpc) is 2.71. The first-order valence-electron chi connectivity index (χ1n) is 4.94. The molecule has 0 bridgehead atoms. The van der Waals surface area contributed by atoms with Crippen molar-refractivity contribution in [2.75, 3.05) is 6.54 Å². The molecule has 1 aromatic heterocycles. The van der Waals surface area contributed by atoms with E-state index in [4.69, 9.17) is 0 Å². The number of hydrogen-bond acceptors (Lipinski definition) is 3. The molecule has 0 radical (unpaired) electrons. The molecule has 13 heavy (non-hydrogen) atoms. The molecule has 2 rings (SSSR count). The monoisotopic (exact) mass is 177 g/mol. The van der Waals surface area contributed by atoms with Gasteiger partial charge in [-0.1, -0.05) is 6.92 Å². The second kappa shape index (κ2) is 3.83. The Bertz CT molecular complexity index is 262. The number of nitrogens with one attached hydrogen (secondary N) is 1. The molecule has 0 spiro atoms. The molecule has 2 heterocycles. The Kier molecular flexibility index (Phi) is 2.54. The molecule has 0 saturated carbocycles. The molecule has 1 aromatic rings. The zero-order chi connectivity index (χ0) is 9.10. The van der Waals surface area contributed by atoms with Crippen LogP contribution in [0, 0.1) is 0 Å². The molecule has 3 nitrogen and oxygen atoms in total. The second-order valence-corrected chi connectivity index (χ2v) is 3.45. The molecule has 1 saturated heterocycles. The van der Waals surface area contributed by atoms with Gasteiger partial charge in [0.05, 0.1) is 6.04 Å². The summed E-state index contributed by atoms with van der Waals surface area (Å²) in [6.07, 6.45) is 7.29. The van der Waals surface area contributed by atoms with Gasteiger partial charge in [0.15, 0.2) is 0 Å². The van der Waals surface area contributed by atoms with Crippen molar-refractivity contribution >= 4 is 0 Å². The summed E-state index contributed by atoms with van der Waals surface area (Å²) in [4.78, 5) is 8.72. The molecule has 0 aliphatic carbocycles. The minimum absolute atomic E-state index is 0.394. The van der Waals surface area contributed by atoms with E-state index in [9.17, 15) is 0 Å². The lowest BCUT2D eigenvalue weighted by molar-refractivity contribution is 0.603. The van der Waals surface area contributed by atoms with Crippen molar-refractivity contribution in [1.29, 1.82) is 0 Å². The van der Waals surface area contributed by atoms with Gasteiger partial charge in [-0.15, -0.1) is 0 Å². The van der Waals surface area contributed by atoms with Gasteiger partial charge >= 0.3 is 0 Å². The standard InChI is InChI=1S/C10H15N3/c1-2-8-6-12-10(13-7-8)9-4-3-5-11-9/h6-7,9,11H,2-5H2,1H3. The summed E-state index contributed by atoms with van der Waals surface area (Å²) in [5.41, 5.74) is 1.21. The van der Waals surface area contributed by atoms with Crippen molar-refractivity contribution < 1.29 is 0 Å². The highest BCUT2D eigenvalue weighted by molar-refractivity contribution is 5.07. The molecule has 0 aromatic carbocycles. The van der Waals surface area contributed by atoms with Gasteiger partial charge in [0, 0.05) is 12.4 Å². The zero-order valence-electron chi connectivity index (χ0n) is 7.95. The van der Waals surface area contributed by atoms with Crippen molar-refractivity contribution in [3.63, 3.8) is 0 Å². The maximum atomic E-state index is 4.36. The number of aryl methyl sites for hydroxylation is 1. The SMILES string of the molecule is CCc1cnc(C2CCCN2)nc1. The van der Waals surface area contributed by atoms with Crippen LogP contribution >= 0.6 is 0 Å². The van der Waals surface area contributed by atoms with Crippen LogP contribution < -0.4 is 5.32 Å². The topological polar surface area (TPSA) is 37.8 Å². The summed E-state index contributed by atoms with van der Waals surface area (Å²) < 4.78 is 0. The smallest absolute Gasteiger partial charge is 0.145 e. The van der Waals surface area contributed by atoms with E-state index in [1.165, 1.54) is 18.4 Å². The van der Waals surface area contributed by atoms with Crippen LogP contribution in [0.15, 0.2) is 12.4 Å². The van der Waals surface area contributed by atoms with Gasteiger partial charge in [0.2, 0.25) is 0 Å². The largest absolute Gasteiger partial charge is 0.307 e. The van der Waals surface area contributed by atoms with Gasteiger partial charge in [-0.25, -0.2) is 9.97 Å². The number of aromatic nitrogens is 2. The maximum Gasteiger partial charge on any atom is 0.145 e. The molecule has 1 N–H and O–H groups in total. The molecular formula is C10H15N3. The zero-order valence-corrected chi connectivity index (χ0v) is 7.95. The summed E-state index contributed by atoms with van der Waals surface area (Å²) in [7, 11) is 0. The molecule has 1 unspecified atom stereocenters. The van der Waals surface area contributed by atoms with Gasteiger partial charge in [0.25, 0.3) is 0 Å². The highest BCUT2D eigenvalue weighted by atomic mass is 15.0. The van der Waals surface area contributed by atoms with Crippen molar-refractivity contribution in [3.05, 3.63) is 23.8 Å². The Morgan fingerprint density at radius 3 is 2.77 bits per heavy atom. The first kappa shape index (κ1) is 8.63. The minimum Gasteiger partial charge on any atom is -0.307 e. The van der Waals surface area contributed by atoms with Crippen LogP contribution in [-0.4, -0.2) is 16.5 Å². The van der Waals surface area contributed by atoms with E-state index in [0.29, 0.717) is 6.04 Å². The van der Waals surface area contributed by atoms with E-state index in [2.05, 4.69) is 22.2 Å². The van der Waals surface area contributed by atoms with E-state index in [0.717, 1.165) is 18.8 Å². The number of nitrogens with zero attached hydrogens (tertiary/aromatic N) is 2. The number of rotatable bonds is 2.